The topological polar surface area (TPSA) is 37.3 Å². The molecule has 1 N–H and O–H groups in total. The van der Waals surface area contributed by atoms with Crippen molar-refractivity contribution < 1.29 is 9.90 Å². The summed E-state index contributed by atoms with van der Waals surface area (Å²) >= 11 is -0.440. The maximum atomic E-state index is 10.1. The van der Waals surface area contributed by atoms with Crippen LogP contribution in [-0.4, -0.2) is 31.5 Å². The van der Waals surface area contributed by atoms with Gasteiger partial charge in [0.25, 0.3) is 0 Å². The molecule has 0 aliphatic heterocycles. The molecule has 0 fully saturated rings. The van der Waals surface area contributed by atoms with E-state index in [1.165, 1.54) is 0 Å². The zero-order valence-electron chi connectivity index (χ0n) is 4.00. The fourth-order valence-electron chi connectivity index (χ4n) is 0.400. The summed E-state index contributed by atoms with van der Waals surface area (Å²) in [6, 6.07) is 3.48. The molecule has 0 atom stereocenters. The van der Waals surface area contributed by atoms with Crippen molar-refractivity contribution >= 4 is 26.4 Å². The Bertz CT molecular complexity index is 178. The maximum absolute atomic E-state index is 10.1. The van der Waals surface area contributed by atoms with Gasteiger partial charge in [-0.2, -0.15) is 0 Å². The standard InChI is InChI=1S/C5H4O2Te/c6-5(7)4-2-1-3-8-4/h1-3H,(H,6,7). The van der Waals surface area contributed by atoms with Gasteiger partial charge >= 0.3 is 56.1 Å². The Labute approximate surface area is 56.4 Å². The second kappa shape index (κ2) is 2.34. The first-order valence-electron chi connectivity index (χ1n) is 2.07. The molecule has 1 aromatic heterocycles. The van der Waals surface area contributed by atoms with E-state index in [4.69, 9.17) is 5.11 Å². The van der Waals surface area contributed by atoms with E-state index in [1.54, 1.807) is 6.07 Å². The van der Waals surface area contributed by atoms with Gasteiger partial charge in [-0.3, -0.25) is 0 Å². The van der Waals surface area contributed by atoms with Crippen LogP contribution in [-0.2, 0) is 0 Å². The molecule has 2 nitrogen and oxygen atoms in total. The summed E-state index contributed by atoms with van der Waals surface area (Å²) < 4.78 is 2.56. The minimum absolute atomic E-state index is 0.440. The Morgan fingerprint density at radius 2 is 2.50 bits per heavy atom. The molecule has 8 heavy (non-hydrogen) atoms. The molecule has 0 unspecified atom stereocenters. The monoisotopic (exact) mass is 226 g/mol. The van der Waals surface area contributed by atoms with E-state index in [1.807, 2.05) is 10.1 Å². The number of carboxylic acid groups (broad SMARTS) is 1. The van der Waals surface area contributed by atoms with E-state index < -0.39 is 26.4 Å². The molecular weight excluding hydrogens is 220 g/mol. The van der Waals surface area contributed by atoms with Gasteiger partial charge in [0.2, 0.25) is 0 Å². The Hall–Kier alpha value is -0.260. The molecular formula is C5H4O2Te. The van der Waals surface area contributed by atoms with Crippen LogP contribution in [0.1, 0.15) is 8.37 Å². The predicted octanol–water partition coefficient (Wildman–Crippen LogP) is 0.442. The van der Waals surface area contributed by atoms with E-state index in [0.717, 1.165) is 0 Å². The molecule has 0 radical (unpaired) electrons. The van der Waals surface area contributed by atoms with E-state index in [0.29, 0.717) is 3.58 Å². The molecule has 0 aliphatic carbocycles. The average molecular weight is 224 g/mol. The van der Waals surface area contributed by atoms with Crippen LogP contribution in [0.15, 0.2) is 16.2 Å². The first-order valence-corrected chi connectivity index (χ1v) is 4.58. The first kappa shape index (κ1) is 5.87. The Kier molecular flexibility index (Phi) is 1.72. The fourth-order valence-corrected chi connectivity index (χ4v) is 2.00. The summed E-state index contributed by atoms with van der Waals surface area (Å²) in [5.41, 5.74) is 0. The van der Waals surface area contributed by atoms with Gasteiger partial charge in [-0.1, -0.05) is 0 Å². The van der Waals surface area contributed by atoms with Gasteiger partial charge in [-0.15, -0.1) is 0 Å². The summed E-state index contributed by atoms with van der Waals surface area (Å²) in [5.74, 6) is -0.752. The number of hydrogen-bond donors (Lipinski definition) is 1. The minimum atomic E-state index is -0.752. The van der Waals surface area contributed by atoms with Gasteiger partial charge in [0.05, 0.1) is 0 Å². The second-order valence-corrected chi connectivity index (χ2v) is 3.99. The molecule has 0 amide bonds. The second-order valence-electron chi connectivity index (χ2n) is 1.28. The Morgan fingerprint density at radius 1 is 1.75 bits per heavy atom. The Balaban J connectivity index is 2.93. The molecule has 0 spiro atoms. The average Bonchev–Trinajstić information content (AvgIpc) is 2.12. The van der Waals surface area contributed by atoms with Crippen molar-refractivity contribution in [1.29, 1.82) is 0 Å². The van der Waals surface area contributed by atoms with E-state index in [9.17, 15) is 4.79 Å². The predicted molar refractivity (Wildman–Crippen MR) is 30.3 cm³/mol. The van der Waals surface area contributed by atoms with Gasteiger partial charge < -0.3 is 0 Å². The van der Waals surface area contributed by atoms with Crippen LogP contribution in [0.2, 0.25) is 0 Å². The van der Waals surface area contributed by atoms with Crippen molar-refractivity contribution in [2.75, 3.05) is 0 Å². The van der Waals surface area contributed by atoms with Gasteiger partial charge in [-0.05, 0) is 0 Å². The molecule has 1 heterocycles. The van der Waals surface area contributed by atoms with Crippen LogP contribution >= 0.6 is 0 Å². The molecule has 3 heteroatoms. The van der Waals surface area contributed by atoms with Crippen LogP contribution in [0.25, 0.3) is 0 Å². The van der Waals surface area contributed by atoms with Gasteiger partial charge in [0.1, 0.15) is 0 Å². The van der Waals surface area contributed by atoms with Crippen molar-refractivity contribution in [1.82, 2.24) is 0 Å². The molecule has 0 saturated carbocycles. The van der Waals surface area contributed by atoms with Crippen molar-refractivity contribution in [3.8, 4) is 0 Å². The number of aromatic carboxylic acids is 1. The zero-order chi connectivity index (χ0) is 5.98. The zero-order valence-corrected chi connectivity index (χ0v) is 6.33. The molecule has 0 aromatic carbocycles. The van der Waals surface area contributed by atoms with Crippen LogP contribution in [0.3, 0.4) is 0 Å². The number of carboxylic acids is 1. The molecule has 0 bridgehead atoms. The Morgan fingerprint density at radius 3 is 2.75 bits per heavy atom. The van der Waals surface area contributed by atoms with Crippen LogP contribution in [0.4, 0.5) is 0 Å². The molecule has 1 aromatic rings. The van der Waals surface area contributed by atoms with Crippen molar-refractivity contribution in [2.24, 2.45) is 0 Å². The molecule has 42 valence electrons. The third-order valence-corrected chi connectivity index (χ3v) is 3.18. The van der Waals surface area contributed by atoms with E-state index >= 15 is 0 Å². The number of carbonyl (C=O) groups is 1. The third-order valence-electron chi connectivity index (χ3n) is 0.732. The van der Waals surface area contributed by atoms with E-state index in [-0.39, 0.29) is 0 Å². The number of hydrogen-bond acceptors (Lipinski definition) is 1. The number of rotatable bonds is 1. The van der Waals surface area contributed by atoms with Crippen molar-refractivity contribution in [3.05, 3.63) is 19.8 Å². The SMILES string of the molecule is O=C(O)c1ccc[te]1. The van der Waals surface area contributed by atoms with Crippen LogP contribution in [0, 0.1) is 0 Å². The molecule has 1 rings (SSSR count). The van der Waals surface area contributed by atoms with Crippen molar-refractivity contribution in [2.45, 2.75) is 0 Å². The van der Waals surface area contributed by atoms with Gasteiger partial charge in [0, 0.05) is 0 Å². The van der Waals surface area contributed by atoms with Gasteiger partial charge in [-0.25, -0.2) is 0 Å². The molecule has 0 aliphatic rings. The summed E-state index contributed by atoms with van der Waals surface area (Å²) in [7, 11) is 0. The normalized spacial score (nSPS) is 9.00. The molecule has 0 saturated heterocycles. The first-order chi connectivity index (χ1) is 3.80. The quantitative estimate of drug-likeness (QED) is 0.702. The summed E-state index contributed by atoms with van der Waals surface area (Å²) in [4.78, 5) is 10.1. The van der Waals surface area contributed by atoms with E-state index in [2.05, 4.69) is 0 Å². The van der Waals surface area contributed by atoms with Crippen LogP contribution < -0.4 is 0 Å². The van der Waals surface area contributed by atoms with Crippen LogP contribution in [0.5, 0.6) is 0 Å². The summed E-state index contributed by atoms with van der Waals surface area (Å²) in [6.45, 7) is 0. The summed E-state index contributed by atoms with van der Waals surface area (Å²) in [5, 5.41) is 8.34. The fraction of sp³-hybridized carbons (Fsp3) is 0. The third kappa shape index (κ3) is 1.12. The van der Waals surface area contributed by atoms with Gasteiger partial charge in [0.15, 0.2) is 0 Å². The summed E-state index contributed by atoms with van der Waals surface area (Å²) in [6.07, 6.45) is 0. The van der Waals surface area contributed by atoms with Crippen molar-refractivity contribution in [3.63, 3.8) is 0 Å².